The predicted octanol–water partition coefficient (Wildman–Crippen LogP) is 2.45. The van der Waals surface area contributed by atoms with E-state index in [1.807, 2.05) is 0 Å². The molecule has 0 radical (unpaired) electrons. The Morgan fingerprint density at radius 3 is 3.06 bits per heavy atom. The first-order valence-electron chi connectivity index (χ1n) is 7.47. The lowest BCUT2D eigenvalue weighted by Gasteiger charge is -2.24. The Bertz CT molecular complexity index is 412. The summed E-state index contributed by atoms with van der Waals surface area (Å²) in [6, 6.07) is 1.01. The smallest absolute Gasteiger partial charge is 0.149 e. The van der Waals surface area contributed by atoms with Crippen molar-refractivity contribution < 1.29 is 0 Å². The molecule has 0 aromatic carbocycles. The van der Waals surface area contributed by atoms with Gasteiger partial charge in [0.15, 0.2) is 0 Å². The van der Waals surface area contributed by atoms with E-state index in [9.17, 15) is 0 Å². The number of hydrogen-bond donors (Lipinski definition) is 1. The fraction of sp³-hybridized carbons (Fsp3) is 0.857. The van der Waals surface area contributed by atoms with Crippen LogP contribution in [-0.4, -0.2) is 20.8 Å². The predicted molar refractivity (Wildman–Crippen MR) is 71.3 cm³/mol. The van der Waals surface area contributed by atoms with Crippen LogP contribution in [0.2, 0.25) is 0 Å². The maximum absolute atomic E-state index is 4.38. The molecule has 0 amide bonds. The number of nitrogens with zero attached hydrogens (tertiary/aromatic N) is 3. The molecule has 1 N–H and O–H groups in total. The maximum atomic E-state index is 4.38. The molecule has 4 heteroatoms. The van der Waals surface area contributed by atoms with Gasteiger partial charge in [-0.15, -0.1) is 10.2 Å². The van der Waals surface area contributed by atoms with Crippen LogP contribution in [0.1, 0.15) is 63.6 Å². The maximum Gasteiger partial charge on any atom is 0.149 e. The van der Waals surface area contributed by atoms with Crippen LogP contribution in [0.3, 0.4) is 0 Å². The summed E-state index contributed by atoms with van der Waals surface area (Å²) in [7, 11) is 0. The van der Waals surface area contributed by atoms with Crippen LogP contribution in [0.4, 0.5) is 0 Å². The summed E-state index contributed by atoms with van der Waals surface area (Å²) >= 11 is 0. The number of fused-ring (bicyclic) bond motifs is 1. The van der Waals surface area contributed by atoms with Gasteiger partial charge in [-0.25, -0.2) is 0 Å². The molecule has 1 fully saturated rings. The molecular weight excluding hydrogens is 224 g/mol. The molecule has 4 nitrogen and oxygen atoms in total. The average Bonchev–Trinajstić information content (AvgIpc) is 3.03. The van der Waals surface area contributed by atoms with Crippen molar-refractivity contribution in [3.63, 3.8) is 0 Å². The van der Waals surface area contributed by atoms with Gasteiger partial charge in [-0.1, -0.05) is 19.8 Å². The molecule has 0 spiro atoms. The van der Waals surface area contributed by atoms with Gasteiger partial charge in [-0.05, 0) is 32.1 Å². The third-order valence-electron chi connectivity index (χ3n) is 4.67. The normalized spacial score (nSPS) is 28.6. The van der Waals surface area contributed by atoms with E-state index in [-0.39, 0.29) is 0 Å². The Morgan fingerprint density at radius 2 is 2.22 bits per heavy atom. The topological polar surface area (TPSA) is 42.7 Å². The van der Waals surface area contributed by atoms with Gasteiger partial charge in [-0.3, -0.25) is 0 Å². The highest BCUT2D eigenvalue weighted by molar-refractivity contribution is 5.04. The van der Waals surface area contributed by atoms with Crippen LogP contribution in [0.5, 0.6) is 0 Å². The Hall–Kier alpha value is -0.900. The van der Waals surface area contributed by atoms with E-state index in [1.165, 1.54) is 37.9 Å². The molecule has 1 aliphatic heterocycles. The summed E-state index contributed by atoms with van der Waals surface area (Å²) in [5, 5.41) is 12.5. The Kier molecular flexibility index (Phi) is 3.37. The standard InChI is InChI=1S/C14H24N4/c1-3-11-6-4-7-12(11)15-10(2)14-17-16-13-8-5-9-18(13)14/h10-12,15H,3-9H2,1-2H3. The van der Waals surface area contributed by atoms with Crippen LogP contribution in [-0.2, 0) is 13.0 Å². The fourth-order valence-corrected chi connectivity index (χ4v) is 3.63. The molecule has 1 aliphatic carbocycles. The van der Waals surface area contributed by atoms with E-state index in [0.717, 1.165) is 24.7 Å². The third kappa shape index (κ3) is 2.07. The molecule has 3 atom stereocenters. The number of aryl methyl sites for hydroxylation is 1. The van der Waals surface area contributed by atoms with Gasteiger partial charge in [0.2, 0.25) is 0 Å². The first-order valence-corrected chi connectivity index (χ1v) is 7.47. The molecule has 2 heterocycles. The van der Waals surface area contributed by atoms with E-state index in [4.69, 9.17) is 0 Å². The van der Waals surface area contributed by atoms with E-state index in [0.29, 0.717) is 12.1 Å². The summed E-state index contributed by atoms with van der Waals surface area (Å²) in [5.41, 5.74) is 0. The van der Waals surface area contributed by atoms with Crippen molar-refractivity contribution in [3.8, 4) is 0 Å². The highest BCUT2D eigenvalue weighted by Crippen LogP contribution is 2.30. The minimum absolute atomic E-state index is 0.335. The fourth-order valence-electron chi connectivity index (χ4n) is 3.63. The summed E-state index contributed by atoms with van der Waals surface area (Å²) in [6.07, 6.45) is 7.71. The SMILES string of the molecule is CCC1CCCC1NC(C)c1nnc2n1CCC2. The molecule has 1 saturated carbocycles. The summed E-state index contributed by atoms with van der Waals surface area (Å²) in [5.74, 6) is 3.18. The Balaban J connectivity index is 1.69. The molecule has 0 saturated heterocycles. The first kappa shape index (κ1) is 12.2. The van der Waals surface area contributed by atoms with E-state index < -0.39 is 0 Å². The van der Waals surface area contributed by atoms with Crippen LogP contribution < -0.4 is 5.32 Å². The molecule has 3 rings (SSSR count). The van der Waals surface area contributed by atoms with Crippen molar-refractivity contribution in [1.29, 1.82) is 0 Å². The van der Waals surface area contributed by atoms with Crippen molar-refractivity contribution in [1.82, 2.24) is 20.1 Å². The molecule has 2 aliphatic rings. The molecule has 18 heavy (non-hydrogen) atoms. The first-order chi connectivity index (χ1) is 8.79. The minimum atomic E-state index is 0.335. The molecular formula is C14H24N4. The van der Waals surface area contributed by atoms with Crippen LogP contribution >= 0.6 is 0 Å². The highest BCUT2D eigenvalue weighted by atomic mass is 15.3. The van der Waals surface area contributed by atoms with Gasteiger partial charge in [-0.2, -0.15) is 0 Å². The summed E-state index contributed by atoms with van der Waals surface area (Å²) in [4.78, 5) is 0. The second-order valence-electron chi connectivity index (χ2n) is 5.82. The van der Waals surface area contributed by atoms with Crippen molar-refractivity contribution in [2.75, 3.05) is 0 Å². The zero-order chi connectivity index (χ0) is 12.5. The van der Waals surface area contributed by atoms with Gasteiger partial charge < -0.3 is 9.88 Å². The van der Waals surface area contributed by atoms with E-state index in [1.54, 1.807) is 0 Å². The minimum Gasteiger partial charge on any atom is -0.314 e. The number of rotatable bonds is 4. The third-order valence-corrected chi connectivity index (χ3v) is 4.67. The van der Waals surface area contributed by atoms with E-state index >= 15 is 0 Å². The van der Waals surface area contributed by atoms with Gasteiger partial charge in [0.1, 0.15) is 11.6 Å². The lowest BCUT2D eigenvalue weighted by atomic mass is 10.00. The average molecular weight is 248 g/mol. The molecule has 0 bridgehead atoms. The zero-order valence-electron chi connectivity index (χ0n) is 11.5. The van der Waals surface area contributed by atoms with Gasteiger partial charge in [0.25, 0.3) is 0 Å². The second kappa shape index (κ2) is 5.00. The summed E-state index contributed by atoms with van der Waals surface area (Å²) in [6.45, 7) is 5.65. The molecule has 1 aromatic heterocycles. The lowest BCUT2D eigenvalue weighted by molar-refractivity contribution is 0.349. The Labute approximate surface area is 109 Å². The van der Waals surface area contributed by atoms with Crippen LogP contribution in [0.25, 0.3) is 0 Å². The van der Waals surface area contributed by atoms with Gasteiger partial charge in [0.05, 0.1) is 6.04 Å². The van der Waals surface area contributed by atoms with Gasteiger partial charge in [0, 0.05) is 19.0 Å². The second-order valence-corrected chi connectivity index (χ2v) is 5.82. The van der Waals surface area contributed by atoms with Crippen LogP contribution in [0, 0.1) is 5.92 Å². The number of aromatic nitrogens is 3. The zero-order valence-corrected chi connectivity index (χ0v) is 11.5. The van der Waals surface area contributed by atoms with Gasteiger partial charge >= 0.3 is 0 Å². The highest BCUT2D eigenvalue weighted by Gasteiger charge is 2.29. The monoisotopic (exact) mass is 248 g/mol. The summed E-state index contributed by atoms with van der Waals surface area (Å²) < 4.78 is 2.31. The quantitative estimate of drug-likeness (QED) is 0.890. The number of nitrogens with one attached hydrogen (secondary N) is 1. The van der Waals surface area contributed by atoms with Crippen molar-refractivity contribution in [3.05, 3.63) is 11.6 Å². The Morgan fingerprint density at radius 1 is 1.33 bits per heavy atom. The molecule has 1 aromatic rings. The lowest BCUT2D eigenvalue weighted by Crippen LogP contribution is -2.35. The largest absolute Gasteiger partial charge is 0.314 e. The van der Waals surface area contributed by atoms with Crippen molar-refractivity contribution in [2.24, 2.45) is 5.92 Å². The molecule has 3 unspecified atom stereocenters. The number of hydrogen-bond acceptors (Lipinski definition) is 3. The van der Waals surface area contributed by atoms with Crippen molar-refractivity contribution >= 4 is 0 Å². The van der Waals surface area contributed by atoms with Crippen molar-refractivity contribution in [2.45, 2.75) is 71.0 Å². The van der Waals surface area contributed by atoms with Crippen LogP contribution in [0.15, 0.2) is 0 Å². The van der Waals surface area contributed by atoms with E-state index in [2.05, 4.69) is 33.9 Å². The molecule has 100 valence electrons.